The first-order chi connectivity index (χ1) is 7.47. The first kappa shape index (κ1) is 14.5. The zero-order chi connectivity index (χ0) is 13.5. The Morgan fingerprint density at radius 1 is 1.29 bits per heavy atom. The number of alkyl halides is 3. The maximum atomic E-state index is 12.7. The number of hydrogen-bond acceptors (Lipinski definition) is 2. The summed E-state index contributed by atoms with van der Waals surface area (Å²) in [5.41, 5.74) is -3.34. The van der Waals surface area contributed by atoms with E-state index in [9.17, 15) is 23.1 Å². The van der Waals surface area contributed by atoms with Crippen molar-refractivity contribution >= 4 is 5.78 Å². The van der Waals surface area contributed by atoms with E-state index in [1.54, 1.807) is 20.8 Å². The Labute approximate surface area is 99.2 Å². The smallest absolute Gasteiger partial charge is 0.380 e. The molecule has 0 amide bonds. The van der Waals surface area contributed by atoms with Gasteiger partial charge in [-0.15, -0.1) is 0 Å². The second-order valence-corrected chi connectivity index (χ2v) is 5.94. The first-order valence-electron chi connectivity index (χ1n) is 5.81. The maximum Gasteiger partial charge on any atom is 0.417 e. The minimum absolute atomic E-state index is 0.195. The molecule has 0 heterocycles. The predicted molar refractivity (Wildman–Crippen MR) is 57.4 cm³/mol. The van der Waals surface area contributed by atoms with Crippen LogP contribution in [0.5, 0.6) is 0 Å². The zero-order valence-electron chi connectivity index (χ0n) is 10.4. The Hall–Kier alpha value is -0.580. The number of aliphatic hydroxyl groups is 1. The van der Waals surface area contributed by atoms with Crippen molar-refractivity contribution in [2.24, 2.45) is 11.3 Å². The summed E-state index contributed by atoms with van der Waals surface area (Å²) < 4.78 is 38.1. The highest BCUT2D eigenvalue weighted by Gasteiger charge is 2.56. The summed E-state index contributed by atoms with van der Waals surface area (Å²) in [5.74, 6) is -0.879. The van der Waals surface area contributed by atoms with Gasteiger partial charge in [-0.3, -0.25) is 4.79 Å². The number of carbonyl (C=O) groups is 1. The van der Waals surface area contributed by atoms with Gasteiger partial charge in [0.05, 0.1) is 0 Å². The second kappa shape index (κ2) is 4.26. The molecule has 2 atom stereocenters. The first-order valence-corrected chi connectivity index (χ1v) is 5.81. The number of carbonyl (C=O) groups excluding carboxylic acids is 1. The van der Waals surface area contributed by atoms with E-state index in [0.29, 0.717) is 6.42 Å². The van der Waals surface area contributed by atoms with Gasteiger partial charge in [0.25, 0.3) is 0 Å². The summed E-state index contributed by atoms with van der Waals surface area (Å²) in [5, 5.41) is 9.62. The van der Waals surface area contributed by atoms with Gasteiger partial charge in [0.2, 0.25) is 0 Å². The van der Waals surface area contributed by atoms with Crippen molar-refractivity contribution in [3.05, 3.63) is 0 Å². The molecule has 1 rings (SSSR count). The molecular weight excluding hydrogens is 233 g/mol. The minimum atomic E-state index is -4.65. The summed E-state index contributed by atoms with van der Waals surface area (Å²) in [6, 6.07) is 0. The van der Waals surface area contributed by atoms with E-state index in [4.69, 9.17) is 0 Å². The fourth-order valence-electron chi connectivity index (χ4n) is 2.35. The van der Waals surface area contributed by atoms with Crippen molar-refractivity contribution in [3.8, 4) is 0 Å². The third-order valence-electron chi connectivity index (χ3n) is 3.36. The summed E-state index contributed by atoms with van der Waals surface area (Å²) >= 11 is 0. The van der Waals surface area contributed by atoms with Crippen molar-refractivity contribution in [1.29, 1.82) is 0 Å². The standard InChI is InChI=1S/C12H19F3O2/c1-10(2,3)9(16)8-5-4-6-11(17,7-8)12(13,14)15/h8,17H,4-7H2,1-3H3/t8-,11+/m0/s1. The number of halogens is 3. The molecule has 100 valence electrons. The molecule has 0 aromatic carbocycles. The Morgan fingerprint density at radius 2 is 1.82 bits per heavy atom. The lowest BCUT2D eigenvalue weighted by atomic mass is 9.71. The van der Waals surface area contributed by atoms with E-state index in [2.05, 4.69) is 0 Å². The lowest BCUT2D eigenvalue weighted by molar-refractivity contribution is -0.273. The average Bonchev–Trinajstić information content (AvgIpc) is 2.13. The molecule has 5 heteroatoms. The molecule has 17 heavy (non-hydrogen) atoms. The van der Waals surface area contributed by atoms with Crippen LogP contribution in [0.4, 0.5) is 13.2 Å². The van der Waals surface area contributed by atoms with Gasteiger partial charge >= 0.3 is 6.18 Å². The second-order valence-electron chi connectivity index (χ2n) is 5.94. The molecular formula is C12H19F3O2. The van der Waals surface area contributed by atoms with Crippen molar-refractivity contribution in [2.45, 2.75) is 58.2 Å². The molecule has 2 nitrogen and oxygen atoms in total. The molecule has 0 radical (unpaired) electrons. The monoisotopic (exact) mass is 252 g/mol. The van der Waals surface area contributed by atoms with Gasteiger partial charge in [-0.25, -0.2) is 0 Å². The van der Waals surface area contributed by atoms with Crippen molar-refractivity contribution in [2.75, 3.05) is 0 Å². The van der Waals surface area contributed by atoms with E-state index in [1.807, 2.05) is 0 Å². The molecule has 0 aliphatic heterocycles. The van der Waals surface area contributed by atoms with E-state index in [-0.39, 0.29) is 18.6 Å². The molecule has 1 aliphatic carbocycles. The summed E-state index contributed by atoms with van der Waals surface area (Å²) in [6.45, 7) is 5.07. The van der Waals surface area contributed by atoms with Gasteiger partial charge in [-0.1, -0.05) is 20.8 Å². The van der Waals surface area contributed by atoms with E-state index >= 15 is 0 Å². The van der Waals surface area contributed by atoms with Gasteiger partial charge in [0.1, 0.15) is 5.78 Å². The lowest BCUT2D eigenvalue weighted by Crippen LogP contribution is -2.50. The fraction of sp³-hybridized carbons (Fsp3) is 0.917. The highest BCUT2D eigenvalue weighted by molar-refractivity contribution is 5.86. The quantitative estimate of drug-likeness (QED) is 0.778. The molecule has 1 N–H and O–H groups in total. The van der Waals surface area contributed by atoms with Crippen LogP contribution in [0.25, 0.3) is 0 Å². The Morgan fingerprint density at radius 3 is 2.24 bits per heavy atom. The molecule has 1 saturated carbocycles. The largest absolute Gasteiger partial charge is 0.417 e. The summed E-state index contributed by atoms with van der Waals surface area (Å²) in [4.78, 5) is 12.0. The molecule has 0 spiro atoms. The average molecular weight is 252 g/mol. The van der Waals surface area contributed by atoms with Crippen molar-refractivity contribution in [3.63, 3.8) is 0 Å². The Bertz CT molecular complexity index is 304. The number of rotatable bonds is 1. The van der Waals surface area contributed by atoms with Gasteiger partial charge < -0.3 is 5.11 Å². The number of hydrogen-bond donors (Lipinski definition) is 1. The van der Waals surface area contributed by atoms with E-state index < -0.39 is 29.5 Å². The summed E-state index contributed by atoms with van der Waals surface area (Å²) in [6.07, 6.45) is -4.77. The predicted octanol–water partition coefficient (Wildman–Crippen LogP) is 3.09. The van der Waals surface area contributed by atoms with Gasteiger partial charge in [-0.2, -0.15) is 13.2 Å². The third-order valence-corrected chi connectivity index (χ3v) is 3.36. The molecule has 0 unspecified atom stereocenters. The van der Waals surface area contributed by atoms with Crippen LogP contribution in [0.15, 0.2) is 0 Å². The molecule has 1 fully saturated rings. The zero-order valence-corrected chi connectivity index (χ0v) is 10.4. The highest BCUT2D eigenvalue weighted by Crippen LogP contribution is 2.45. The third kappa shape index (κ3) is 3.00. The molecule has 0 aromatic rings. The number of Topliss-reactive ketones (excluding diaryl/α,β-unsaturated/α-hetero) is 1. The van der Waals surface area contributed by atoms with Crippen LogP contribution in [-0.4, -0.2) is 22.7 Å². The van der Waals surface area contributed by atoms with Crippen LogP contribution in [0.2, 0.25) is 0 Å². The fourth-order valence-corrected chi connectivity index (χ4v) is 2.35. The lowest BCUT2D eigenvalue weighted by Gasteiger charge is -2.39. The van der Waals surface area contributed by atoms with Crippen LogP contribution in [0.1, 0.15) is 46.5 Å². The van der Waals surface area contributed by atoms with Crippen molar-refractivity contribution < 1.29 is 23.1 Å². The van der Waals surface area contributed by atoms with Gasteiger partial charge in [0.15, 0.2) is 5.60 Å². The van der Waals surface area contributed by atoms with Crippen LogP contribution >= 0.6 is 0 Å². The van der Waals surface area contributed by atoms with Crippen LogP contribution in [-0.2, 0) is 4.79 Å². The molecule has 0 aromatic heterocycles. The van der Waals surface area contributed by atoms with E-state index in [0.717, 1.165) is 0 Å². The number of ketones is 1. The summed E-state index contributed by atoms with van der Waals surface area (Å²) in [7, 11) is 0. The Kier molecular flexibility index (Phi) is 3.63. The SMILES string of the molecule is CC(C)(C)C(=O)[C@H]1CCC[C@](O)(C(F)(F)F)C1. The normalized spacial score (nSPS) is 31.4. The van der Waals surface area contributed by atoms with E-state index in [1.165, 1.54) is 0 Å². The van der Waals surface area contributed by atoms with Gasteiger partial charge in [0, 0.05) is 11.3 Å². The van der Waals surface area contributed by atoms with Crippen LogP contribution < -0.4 is 0 Å². The molecule has 1 aliphatic rings. The van der Waals surface area contributed by atoms with Gasteiger partial charge in [-0.05, 0) is 25.7 Å². The maximum absolute atomic E-state index is 12.7. The highest BCUT2D eigenvalue weighted by atomic mass is 19.4. The molecule has 0 bridgehead atoms. The van der Waals surface area contributed by atoms with Crippen molar-refractivity contribution in [1.82, 2.24) is 0 Å². The van der Waals surface area contributed by atoms with Crippen LogP contribution in [0, 0.1) is 11.3 Å². The Balaban J connectivity index is 2.84. The van der Waals surface area contributed by atoms with Crippen LogP contribution in [0.3, 0.4) is 0 Å². The topological polar surface area (TPSA) is 37.3 Å². The molecule has 0 saturated heterocycles. The minimum Gasteiger partial charge on any atom is -0.380 e.